The van der Waals surface area contributed by atoms with Gasteiger partial charge in [0.05, 0.1) is 23.2 Å². The summed E-state index contributed by atoms with van der Waals surface area (Å²) in [6, 6.07) is 22.0. The molecule has 1 amide bonds. The first-order valence-electron chi connectivity index (χ1n) is 9.93. The lowest BCUT2D eigenvalue weighted by Gasteiger charge is -2.14. The first kappa shape index (κ1) is 23.6. The maximum Gasteiger partial charge on any atom is 0.266 e. The summed E-state index contributed by atoms with van der Waals surface area (Å²) in [5, 5.41) is 21.5. The van der Waals surface area contributed by atoms with Crippen molar-refractivity contribution in [2.75, 3.05) is 12.4 Å². The van der Waals surface area contributed by atoms with E-state index in [2.05, 4.69) is 27.3 Å². The van der Waals surface area contributed by atoms with Crippen LogP contribution in [0.15, 0.2) is 70.7 Å². The van der Waals surface area contributed by atoms with Gasteiger partial charge in [-0.3, -0.25) is 4.79 Å². The molecule has 0 heterocycles. The minimum absolute atomic E-state index is 0.0545. The van der Waals surface area contributed by atoms with Crippen LogP contribution >= 0.6 is 15.9 Å². The van der Waals surface area contributed by atoms with Crippen LogP contribution in [0.3, 0.4) is 0 Å². The quantitative estimate of drug-likeness (QED) is 0.327. The van der Waals surface area contributed by atoms with Crippen LogP contribution in [0.25, 0.3) is 6.08 Å². The summed E-state index contributed by atoms with van der Waals surface area (Å²) in [6.07, 6.45) is 1.48. The molecule has 164 valence electrons. The molecule has 0 saturated carbocycles. The summed E-state index contributed by atoms with van der Waals surface area (Å²) in [7, 11) is 1.50. The van der Waals surface area contributed by atoms with Crippen LogP contribution < -0.4 is 14.8 Å². The number of nitrogens with one attached hydrogen (secondary N) is 1. The Morgan fingerprint density at radius 3 is 2.52 bits per heavy atom. The number of aryl methyl sites for hydroxylation is 1. The van der Waals surface area contributed by atoms with Crippen molar-refractivity contribution in [3.05, 3.63) is 93.0 Å². The van der Waals surface area contributed by atoms with E-state index in [1.54, 1.807) is 36.4 Å². The number of nitrogens with zero attached hydrogens (tertiary/aromatic N) is 2. The molecule has 0 fully saturated rings. The van der Waals surface area contributed by atoms with Crippen molar-refractivity contribution < 1.29 is 14.3 Å². The predicted octanol–water partition coefficient (Wildman–Crippen LogP) is 5.76. The molecule has 3 aromatic carbocycles. The molecule has 3 aromatic rings. The van der Waals surface area contributed by atoms with Gasteiger partial charge in [0, 0.05) is 11.3 Å². The highest BCUT2D eigenvalue weighted by atomic mass is 79.9. The smallest absolute Gasteiger partial charge is 0.266 e. The highest BCUT2D eigenvalue weighted by Gasteiger charge is 2.15. The average molecular weight is 502 g/mol. The van der Waals surface area contributed by atoms with Gasteiger partial charge in [-0.25, -0.2) is 0 Å². The number of hydrogen-bond donors (Lipinski definition) is 1. The molecular weight excluding hydrogens is 482 g/mol. The normalized spacial score (nSPS) is 10.6. The lowest BCUT2D eigenvalue weighted by molar-refractivity contribution is -0.112. The van der Waals surface area contributed by atoms with Crippen LogP contribution in [-0.2, 0) is 11.4 Å². The lowest BCUT2D eigenvalue weighted by atomic mass is 10.1. The average Bonchev–Trinajstić information content (AvgIpc) is 2.83. The molecule has 0 spiro atoms. The lowest BCUT2D eigenvalue weighted by Crippen LogP contribution is -2.13. The number of rotatable bonds is 7. The van der Waals surface area contributed by atoms with Gasteiger partial charge in [0.15, 0.2) is 11.5 Å². The van der Waals surface area contributed by atoms with E-state index in [4.69, 9.17) is 9.47 Å². The molecule has 0 atom stereocenters. The number of hydrogen-bond acceptors (Lipinski definition) is 5. The molecule has 6 nitrogen and oxygen atoms in total. The maximum atomic E-state index is 12.6. The molecule has 1 N–H and O–H groups in total. The number of carbonyl (C=O) groups excluding carboxylic acids is 1. The molecule has 7 heteroatoms. The number of carbonyl (C=O) groups is 1. The molecule has 0 aromatic heterocycles. The molecule has 3 rings (SSSR count). The van der Waals surface area contributed by atoms with E-state index in [1.165, 1.54) is 13.2 Å². The Bertz CT molecular complexity index is 1290. The summed E-state index contributed by atoms with van der Waals surface area (Å²) in [5.41, 5.74) is 3.48. The van der Waals surface area contributed by atoms with Crippen molar-refractivity contribution in [1.29, 1.82) is 10.5 Å². The van der Waals surface area contributed by atoms with Crippen LogP contribution in [0.2, 0.25) is 0 Å². The third kappa shape index (κ3) is 6.00. The number of benzene rings is 3. The second kappa shape index (κ2) is 11.0. The Balaban J connectivity index is 1.83. The number of methoxy groups -OCH3 is 1. The van der Waals surface area contributed by atoms with Crippen LogP contribution in [0.5, 0.6) is 11.5 Å². The fourth-order valence-electron chi connectivity index (χ4n) is 3.02. The maximum absolute atomic E-state index is 12.6. The molecule has 0 bridgehead atoms. The Kier molecular flexibility index (Phi) is 7.86. The van der Waals surface area contributed by atoms with Crippen molar-refractivity contribution in [1.82, 2.24) is 0 Å². The molecule has 0 aliphatic rings. The van der Waals surface area contributed by atoms with Gasteiger partial charge in [0.1, 0.15) is 18.2 Å². The Hall–Kier alpha value is -4.07. The van der Waals surface area contributed by atoms with Crippen molar-refractivity contribution in [3.8, 4) is 23.6 Å². The van der Waals surface area contributed by atoms with E-state index in [9.17, 15) is 15.3 Å². The van der Waals surface area contributed by atoms with E-state index >= 15 is 0 Å². The van der Waals surface area contributed by atoms with Gasteiger partial charge in [0.25, 0.3) is 5.91 Å². The van der Waals surface area contributed by atoms with E-state index in [0.29, 0.717) is 32.8 Å². The van der Waals surface area contributed by atoms with Crippen LogP contribution in [-0.4, -0.2) is 13.0 Å². The monoisotopic (exact) mass is 501 g/mol. The highest BCUT2D eigenvalue weighted by Crippen LogP contribution is 2.38. The molecule has 0 aliphatic carbocycles. The summed E-state index contributed by atoms with van der Waals surface area (Å²) >= 11 is 3.47. The first-order chi connectivity index (χ1) is 15.9. The number of anilines is 1. The van der Waals surface area contributed by atoms with Crippen molar-refractivity contribution in [2.45, 2.75) is 13.5 Å². The highest BCUT2D eigenvalue weighted by molar-refractivity contribution is 9.10. The minimum atomic E-state index is -0.509. The topological polar surface area (TPSA) is 95.1 Å². The summed E-state index contributed by atoms with van der Waals surface area (Å²) in [6.45, 7) is 2.13. The van der Waals surface area contributed by atoms with Gasteiger partial charge in [-0.15, -0.1) is 0 Å². The second-order valence-corrected chi connectivity index (χ2v) is 7.94. The summed E-state index contributed by atoms with van der Waals surface area (Å²) < 4.78 is 12.0. The van der Waals surface area contributed by atoms with Gasteiger partial charge in [-0.1, -0.05) is 35.9 Å². The number of nitriles is 2. The zero-order chi connectivity index (χ0) is 23.8. The second-order valence-electron chi connectivity index (χ2n) is 7.08. The summed E-state index contributed by atoms with van der Waals surface area (Å²) in [4.78, 5) is 12.6. The molecule has 0 radical (unpaired) electrons. The van der Waals surface area contributed by atoms with Gasteiger partial charge in [0.2, 0.25) is 0 Å². The van der Waals surface area contributed by atoms with Crippen molar-refractivity contribution in [2.24, 2.45) is 0 Å². The third-order valence-electron chi connectivity index (χ3n) is 4.75. The van der Waals surface area contributed by atoms with E-state index in [-0.39, 0.29) is 12.2 Å². The first-order valence-corrected chi connectivity index (χ1v) is 10.7. The number of ether oxygens (including phenoxy) is 2. The minimum Gasteiger partial charge on any atom is -0.493 e. The van der Waals surface area contributed by atoms with E-state index < -0.39 is 5.91 Å². The van der Waals surface area contributed by atoms with Gasteiger partial charge in [-0.05, 0) is 64.8 Å². The Morgan fingerprint density at radius 2 is 1.85 bits per heavy atom. The van der Waals surface area contributed by atoms with E-state index in [0.717, 1.165) is 11.1 Å². The molecule has 0 aliphatic heterocycles. The van der Waals surface area contributed by atoms with Gasteiger partial charge in [-0.2, -0.15) is 10.5 Å². The predicted molar refractivity (Wildman–Crippen MR) is 130 cm³/mol. The van der Waals surface area contributed by atoms with Crippen molar-refractivity contribution >= 4 is 33.6 Å². The Morgan fingerprint density at radius 1 is 1.12 bits per heavy atom. The SMILES string of the molecule is COc1cc(/C=C(\C#N)C(=O)Nc2ccc(C)cc2)cc(Br)c1OCc1ccccc1C#N. The molecule has 0 unspecified atom stereocenters. The third-order valence-corrected chi connectivity index (χ3v) is 5.34. The summed E-state index contributed by atoms with van der Waals surface area (Å²) in [5.74, 6) is 0.358. The van der Waals surface area contributed by atoms with Gasteiger partial charge < -0.3 is 14.8 Å². The van der Waals surface area contributed by atoms with Crippen molar-refractivity contribution in [3.63, 3.8) is 0 Å². The van der Waals surface area contributed by atoms with Crippen LogP contribution in [0, 0.1) is 29.6 Å². The van der Waals surface area contributed by atoms with Gasteiger partial charge >= 0.3 is 0 Å². The fourth-order valence-corrected chi connectivity index (χ4v) is 3.59. The largest absolute Gasteiger partial charge is 0.493 e. The molecular formula is C26H20BrN3O3. The standard InChI is InChI=1S/C26H20BrN3O3/c1-17-7-9-22(10-8-17)30-26(31)21(15-29)11-18-12-23(27)25(24(13-18)32-2)33-16-20-6-4-3-5-19(20)14-28/h3-13H,16H2,1-2H3,(H,30,31)/b21-11+. The molecule has 0 saturated heterocycles. The number of halogens is 1. The Labute approximate surface area is 200 Å². The fraction of sp³-hybridized carbons (Fsp3) is 0.115. The van der Waals surface area contributed by atoms with E-state index in [1.807, 2.05) is 37.3 Å². The number of amides is 1. The van der Waals surface area contributed by atoms with Crippen LogP contribution in [0.1, 0.15) is 22.3 Å². The zero-order valence-corrected chi connectivity index (χ0v) is 19.6. The van der Waals surface area contributed by atoms with Crippen LogP contribution in [0.4, 0.5) is 5.69 Å². The molecule has 33 heavy (non-hydrogen) atoms. The zero-order valence-electron chi connectivity index (χ0n) is 18.1.